The zero-order valence-electron chi connectivity index (χ0n) is 13.2. The van der Waals surface area contributed by atoms with Gasteiger partial charge in [0.2, 0.25) is 0 Å². The van der Waals surface area contributed by atoms with Crippen LogP contribution in [0, 0.1) is 0 Å². The van der Waals surface area contributed by atoms with Gasteiger partial charge in [0.05, 0.1) is 12.4 Å². The molecule has 1 aromatic carbocycles. The highest BCUT2D eigenvalue weighted by Gasteiger charge is 2.07. The van der Waals surface area contributed by atoms with Crippen LogP contribution in [0.2, 0.25) is 5.02 Å². The number of aromatic nitrogens is 2. The fraction of sp³-hybridized carbons (Fsp3) is 0.353. The predicted molar refractivity (Wildman–Crippen MR) is 92.7 cm³/mol. The molecule has 0 fully saturated rings. The molecular formula is C17H21ClN4O. The monoisotopic (exact) mass is 332 g/mol. The number of benzene rings is 1. The normalized spacial score (nSPS) is 10.3. The lowest BCUT2D eigenvalue weighted by Gasteiger charge is -2.07. The van der Waals surface area contributed by atoms with E-state index in [-0.39, 0.29) is 5.91 Å². The summed E-state index contributed by atoms with van der Waals surface area (Å²) < 4.78 is 0. The Morgan fingerprint density at radius 2 is 1.91 bits per heavy atom. The highest BCUT2D eigenvalue weighted by molar-refractivity contribution is 6.30. The number of anilines is 1. The fourth-order valence-corrected chi connectivity index (χ4v) is 2.12. The Hall–Kier alpha value is -2.14. The first-order valence-corrected chi connectivity index (χ1v) is 8.15. The van der Waals surface area contributed by atoms with Crippen molar-refractivity contribution in [3.8, 4) is 0 Å². The maximum atomic E-state index is 11.9. The first kappa shape index (κ1) is 17.2. The van der Waals surface area contributed by atoms with Crippen molar-refractivity contribution in [1.29, 1.82) is 0 Å². The number of halogens is 1. The number of carbonyl (C=O) groups is 1. The Labute approximate surface area is 141 Å². The summed E-state index contributed by atoms with van der Waals surface area (Å²) in [5, 5.41) is 6.71. The molecule has 122 valence electrons. The highest BCUT2D eigenvalue weighted by atomic mass is 35.5. The van der Waals surface area contributed by atoms with E-state index in [2.05, 4.69) is 27.5 Å². The topological polar surface area (TPSA) is 66.9 Å². The van der Waals surface area contributed by atoms with E-state index < -0.39 is 0 Å². The molecule has 0 radical (unpaired) electrons. The minimum atomic E-state index is -0.183. The minimum Gasteiger partial charge on any atom is -0.365 e. The van der Waals surface area contributed by atoms with Gasteiger partial charge in [-0.05, 0) is 24.1 Å². The number of nitrogens with one attached hydrogen (secondary N) is 2. The molecule has 0 aliphatic heterocycles. The van der Waals surface area contributed by atoms with Crippen LogP contribution in [0.4, 0.5) is 5.82 Å². The molecule has 0 spiro atoms. The number of rotatable bonds is 8. The second-order valence-electron chi connectivity index (χ2n) is 5.23. The molecule has 0 bridgehead atoms. The average Bonchev–Trinajstić information content (AvgIpc) is 2.58. The Kier molecular flexibility index (Phi) is 6.81. The van der Waals surface area contributed by atoms with Gasteiger partial charge in [0.15, 0.2) is 0 Å². The zero-order chi connectivity index (χ0) is 16.5. The maximum absolute atomic E-state index is 11.9. The summed E-state index contributed by atoms with van der Waals surface area (Å²) in [6.07, 6.45) is 6.27. The molecule has 0 saturated heterocycles. The molecule has 0 aliphatic rings. The van der Waals surface area contributed by atoms with Gasteiger partial charge in [-0.15, -0.1) is 0 Å². The first-order chi connectivity index (χ1) is 11.2. The summed E-state index contributed by atoms with van der Waals surface area (Å²) in [4.78, 5) is 20.2. The number of nitrogens with zero attached hydrogens (tertiary/aromatic N) is 2. The fourth-order valence-electron chi connectivity index (χ4n) is 2.00. The van der Waals surface area contributed by atoms with E-state index in [1.54, 1.807) is 6.20 Å². The second-order valence-corrected chi connectivity index (χ2v) is 5.67. The molecule has 0 unspecified atom stereocenters. The van der Waals surface area contributed by atoms with Gasteiger partial charge in [-0.2, -0.15) is 0 Å². The summed E-state index contributed by atoms with van der Waals surface area (Å²) in [7, 11) is 0. The first-order valence-electron chi connectivity index (χ1n) is 7.77. The highest BCUT2D eigenvalue weighted by Crippen LogP contribution is 2.11. The van der Waals surface area contributed by atoms with Gasteiger partial charge >= 0.3 is 0 Å². The molecular weight excluding hydrogens is 312 g/mol. The largest absolute Gasteiger partial charge is 0.365 e. The number of unbranched alkanes of at least 4 members (excludes halogenated alkanes) is 2. The van der Waals surface area contributed by atoms with E-state index in [0.29, 0.717) is 29.6 Å². The van der Waals surface area contributed by atoms with E-state index in [4.69, 9.17) is 11.6 Å². The quantitative estimate of drug-likeness (QED) is 0.724. The Morgan fingerprint density at radius 1 is 1.13 bits per heavy atom. The number of carbonyl (C=O) groups excluding carboxylic acids is 1. The van der Waals surface area contributed by atoms with E-state index in [0.717, 1.165) is 24.8 Å². The van der Waals surface area contributed by atoms with Crippen LogP contribution in [0.25, 0.3) is 0 Å². The smallest absolute Gasteiger partial charge is 0.271 e. The molecule has 0 atom stereocenters. The van der Waals surface area contributed by atoms with Gasteiger partial charge in [-0.3, -0.25) is 4.79 Å². The lowest BCUT2D eigenvalue weighted by Crippen LogP contribution is -2.25. The van der Waals surface area contributed by atoms with Gasteiger partial charge in [0.1, 0.15) is 11.5 Å². The third-order valence-electron chi connectivity index (χ3n) is 3.34. The van der Waals surface area contributed by atoms with Crippen LogP contribution in [0.1, 0.15) is 42.2 Å². The molecule has 0 aliphatic carbocycles. The van der Waals surface area contributed by atoms with Crippen molar-refractivity contribution >= 4 is 23.3 Å². The van der Waals surface area contributed by atoms with Gasteiger partial charge in [0, 0.05) is 18.1 Å². The molecule has 2 N–H and O–H groups in total. The molecule has 5 nitrogen and oxygen atoms in total. The van der Waals surface area contributed by atoms with Crippen LogP contribution in [-0.2, 0) is 6.54 Å². The van der Waals surface area contributed by atoms with Crippen molar-refractivity contribution in [3.05, 3.63) is 52.9 Å². The lowest BCUT2D eigenvalue weighted by atomic mass is 10.2. The third-order valence-corrected chi connectivity index (χ3v) is 3.59. The van der Waals surface area contributed by atoms with Gasteiger partial charge in [0.25, 0.3) is 5.91 Å². The van der Waals surface area contributed by atoms with Crippen molar-refractivity contribution < 1.29 is 4.79 Å². The maximum Gasteiger partial charge on any atom is 0.271 e. The average molecular weight is 333 g/mol. The van der Waals surface area contributed by atoms with Crippen molar-refractivity contribution in [2.45, 2.75) is 32.7 Å². The van der Waals surface area contributed by atoms with Crippen LogP contribution in [-0.4, -0.2) is 22.4 Å². The van der Waals surface area contributed by atoms with Gasteiger partial charge in [-0.1, -0.05) is 43.5 Å². The standard InChI is InChI=1S/C17H21ClN4O/c1-2-3-4-9-19-17(23)15-11-22-16(12-20-15)21-10-13-5-7-14(18)8-6-13/h5-8,11-12H,2-4,9-10H2,1H3,(H,19,23)(H,21,22). The predicted octanol–water partition coefficient (Wildman–Crippen LogP) is 3.66. The Balaban J connectivity index is 1.81. The summed E-state index contributed by atoms with van der Waals surface area (Å²) in [5.41, 5.74) is 1.42. The van der Waals surface area contributed by atoms with Crippen molar-refractivity contribution in [2.24, 2.45) is 0 Å². The second kappa shape index (κ2) is 9.10. The number of amides is 1. The van der Waals surface area contributed by atoms with Gasteiger partial charge in [-0.25, -0.2) is 9.97 Å². The summed E-state index contributed by atoms with van der Waals surface area (Å²) in [5.74, 6) is 0.445. The van der Waals surface area contributed by atoms with Crippen LogP contribution < -0.4 is 10.6 Å². The molecule has 2 aromatic rings. The SMILES string of the molecule is CCCCCNC(=O)c1cnc(NCc2ccc(Cl)cc2)cn1. The van der Waals surface area contributed by atoms with E-state index in [1.807, 2.05) is 24.3 Å². The number of hydrogen-bond acceptors (Lipinski definition) is 4. The van der Waals surface area contributed by atoms with Crippen LogP contribution >= 0.6 is 11.6 Å². The van der Waals surface area contributed by atoms with Crippen LogP contribution in [0.15, 0.2) is 36.7 Å². The van der Waals surface area contributed by atoms with Crippen LogP contribution in [0.3, 0.4) is 0 Å². The van der Waals surface area contributed by atoms with Crippen molar-refractivity contribution in [3.63, 3.8) is 0 Å². The van der Waals surface area contributed by atoms with E-state index >= 15 is 0 Å². The zero-order valence-corrected chi connectivity index (χ0v) is 13.9. The molecule has 23 heavy (non-hydrogen) atoms. The minimum absolute atomic E-state index is 0.183. The lowest BCUT2D eigenvalue weighted by molar-refractivity contribution is 0.0947. The molecule has 1 aromatic heterocycles. The molecule has 0 saturated carbocycles. The van der Waals surface area contributed by atoms with E-state index in [9.17, 15) is 4.79 Å². The molecule has 2 rings (SSSR count). The summed E-state index contributed by atoms with van der Waals surface area (Å²) in [6.45, 7) is 3.42. The van der Waals surface area contributed by atoms with Crippen LogP contribution in [0.5, 0.6) is 0 Å². The van der Waals surface area contributed by atoms with Crippen molar-refractivity contribution in [1.82, 2.24) is 15.3 Å². The summed E-state index contributed by atoms with van der Waals surface area (Å²) >= 11 is 5.85. The Bertz CT molecular complexity index is 613. The van der Waals surface area contributed by atoms with Gasteiger partial charge < -0.3 is 10.6 Å². The Morgan fingerprint density at radius 3 is 2.57 bits per heavy atom. The van der Waals surface area contributed by atoms with E-state index in [1.165, 1.54) is 6.20 Å². The molecule has 1 heterocycles. The van der Waals surface area contributed by atoms with Crippen molar-refractivity contribution in [2.75, 3.05) is 11.9 Å². The molecule has 1 amide bonds. The number of hydrogen-bond donors (Lipinski definition) is 2. The third kappa shape index (κ3) is 5.87. The molecule has 6 heteroatoms. The summed E-state index contributed by atoms with van der Waals surface area (Å²) in [6, 6.07) is 7.58.